The third kappa shape index (κ3) is 3.12. The van der Waals surface area contributed by atoms with Crippen LogP contribution in [0.5, 0.6) is 0 Å². The number of pyridine rings is 1. The highest BCUT2D eigenvalue weighted by atomic mass is 16.3. The van der Waals surface area contributed by atoms with Gasteiger partial charge < -0.3 is 14.6 Å². The molecule has 102 valence electrons. The van der Waals surface area contributed by atoms with Crippen molar-refractivity contribution in [2.75, 3.05) is 11.9 Å². The molecular weight excluding hydrogens is 240 g/mol. The van der Waals surface area contributed by atoms with Crippen molar-refractivity contribution >= 4 is 5.69 Å². The topological polar surface area (TPSA) is 54.2 Å². The summed E-state index contributed by atoms with van der Waals surface area (Å²) >= 11 is 0. The van der Waals surface area contributed by atoms with Gasteiger partial charge in [0.2, 0.25) is 0 Å². The van der Waals surface area contributed by atoms with E-state index in [4.69, 9.17) is 0 Å². The van der Waals surface area contributed by atoms with Crippen molar-refractivity contribution in [2.45, 2.75) is 26.0 Å². The largest absolute Gasteiger partial charge is 0.387 e. The number of hydrogen-bond acceptors (Lipinski definition) is 4. The van der Waals surface area contributed by atoms with Gasteiger partial charge in [-0.1, -0.05) is 6.92 Å². The number of imidazole rings is 1. The highest BCUT2D eigenvalue weighted by Crippen LogP contribution is 2.18. The minimum atomic E-state index is -0.478. The summed E-state index contributed by atoms with van der Waals surface area (Å²) < 4.78 is 2.00. The summed E-state index contributed by atoms with van der Waals surface area (Å²) in [5.41, 5.74) is 1.73. The molecule has 0 aliphatic rings. The van der Waals surface area contributed by atoms with E-state index < -0.39 is 6.10 Å². The summed E-state index contributed by atoms with van der Waals surface area (Å²) in [5, 5.41) is 9.71. The number of anilines is 1. The Labute approximate surface area is 113 Å². The smallest absolute Gasteiger partial charge is 0.127 e. The average molecular weight is 260 g/mol. The Morgan fingerprint density at radius 2 is 2.16 bits per heavy atom. The van der Waals surface area contributed by atoms with Gasteiger partial charge in [-0.05, 0) is 18.6 Å². The van der Waals surface area contributed by atoms with Gasteiger partial charge in [0.1, 0.15) is 5.82 Å². The van der Waals surface area contributed by atoms with E-state index in [1.165, 1.54) is 0 Å². The van der Waals surface area contributed by atoms with Gasteiger partial charge in [0.15, 0.2) is 0 Å². The lowest BCUT2D eigenvalue weighted by Gasteiger charge is -2.19. The fraction of sp³-hybridized carbons (Fsp3) is 0.429. The molecule has 1 N–H and O–H groups in total. The Hall–Kier alpha value is -1.88. The van der Waals surface area contributed by atoms with Gasteiger partial charge in [0.05, 0.1) is 30.2 Å². The van der Waals surface area contributed by atoms with E-state index in [0.29, 0.717) is 6.42 Å². The summed E-state index contributed by atoms with van der Waals surface area (Å²) in [6.45, 7) is 2.66. The first-order valence-electron chi connectivity index (χ1n) is 6.43. The van der Waals surface area contributed by atoms with E-state index in [-0.39, 0.29) is 0 Å². The minimum absolute atomic E-state index is 0.478. The Morgan fingerprint density at radius 3 is 2.68 bits per heavy atom. The molecule has 0 spiro atoms. The van der Waals surface area contributed by atoms with Gasteiger partial charge in [-0.3, -0.25) is 4.98 Å². The summed E-state index contributed by atoms with van der Waals surface area (Å²) in [6, 6.07) is 3.85. The molecule has 5 nitrogen and oxygen atoms in total. The van der Waals surface area contributed by atoms with Crippen LogP contribution in [0.25, 0.3) is 0 Å². The van der Waals surface area contributed by atoms with Gasteiger partial charge in [-0.15, -0.1) is 0 Å². The van der Waals surface area contributed by atoms with E-state index in [1.807, 2.05) is 43.9 Å². The van der Waals surface area contributed by atoms with Crippen LogP contribution in [0.1, 0.15) is 31.0 Å². The number of aliphatic hydroxyl groups is 1. The van der Waals surface area contributed by atoms with E-state index in [0.717, 1.165) is 23.8 Å². The molecular formula is C14H20N4O. The lowest BCUT2D eigenvalue weighted by atomic mass is 10.2. The van der Waals surface area contributed by atoms with Crippen LogP contribution in [-0.4, -0.2) is 26.7 Å². The highest BCUT2D eigenvalue weighted by Gasteiger charge is 2.09. The molecule has 0 bridgehead atoms. The van der Waals surface area contributed by atoms with Crippen molar-refractivity contribution in [2.24, 2.45) is 7.05 Å². The number of rotatable bonds is 5. The Bertz CT molecular complexity index is 520. The number of aromatic nitrogens is 3. The molecule has 0 aliphatic carbocycles. The zero-order chi connectivity index (χ0) is 13.8. The molecule has 0 saturated heterocycles. The molecule has 1 atom stereocenters. The first kappa shape index (κ1) is 13.5. The van der Waals surface area contributed by atoms with Crippen molar-refractivity contribution in [3.63, 3.8) is 0 Å². The fourth-order valence-corrected chi connectivity index (χ4v) is 1.88. The highest BCUT2D eigenvalue weighted by molar-refractivity contribution is 5.43. The molecule has 0 saturated carbocycles. The van der Waals surface area contributed by atoms with E-state index >= 15 is 0 Å². The molecule has 0 radical (unpaired) electrons. The zero-order valence-electron chi connectivity index (χ0n) is 11.6. The predicted octanol–water partition coefficient (Wildman–Crippen LogP) is 1.89. The standard InChI is InChI=1S/C14H20N4O/c1-4-13(19)12-6-5-11(9-16-12)18(3)10-14-15-7-8-17(14)2/h5-9,13,19H,4,10H2,1-3H3. The van der Waals surface area contributed by atoms with Crippen LogP contribution < -0.4 is 4.90 Å². The first-order chi connectivity index (χ1) is 9.11. The molecule has 5 heteroatoms. The van der Waals surface area contributed by atoms with E-state index in [1.54, 1.807) is 12.4 Å². The van der Waals surface area contributed by atoms with Gasteiger partial charge in [0, 0.05) is 26.5 Å². The van der Waals surface area contributed by atoms with Crippen molar-refractivity contribution < 1.29 is 5.11 Å². The summed E-state index contributed by atoms with van der Waals surface area (Å²) in [5.74, 6) is 1.00. The zero-order valence-corrected chi connectivity index (χ0v) is 11.6. The maximum atomic E-state index is 9.71. The Balaban J connectivity index is 2.07. The molecule has 2 aromatic rings. The summed E-state index contributed by atoms with van der Waals surface area (Å²) in [4.78, 5) is 10.7. The third-order valence-corrected chi connectivity index (χ3v) is 3.24. The van der Waals surface area contributed by atoms with E-state index in [2.05, 4.69) is 14.9 Å². The van der Waals surface area contributed by atoms with Crippen LogP contribution in [0.15, 0.2) is 30.7 Å². The first-order valence-corrected chi connectivity index (χ1v) is 6.43. The Kier molecular flexibility index (Phi) is 4.16. The van der Waals surface area contributed by atoms with Crippen LogP contribution in [0.3, 0.4) is 0 Å². The van der Waals surface area contributed by atoms with Gasteiger partial charge in [-0.25, -0.2) is 4.98 Å². The van der Waals surface area contributed by atoms with Crippen molar-refractivity contribution in [3.05, 3.63) is 42.2 Å². The number of nitrogens with zero attached hydrogens (tertiary/aromatic N) is 4. The van der Waals surface area contributed by atoms with E-state index in [9.17, 15) is 5.11 Å². The SMILES string of the molecule is CCC(O)c1ccc(N(C)Cc2nccn2C)cn1. The van der Waals surface area contributed by atoms with Crippen LogP contribution in [0.2, 0.25) is 0 Å². The van der Waals surface area contributed by atoms with Gasteiger partial charge >= 0.3 is 0 Å². The van der Waals surface area contributed by atoms with Gasteiger partial charge in [0.25, 0.3) is 0 Å². The molecule has 1 unspecified atom stereocenters. The van der Waals surface area contributed by atoms with Crippen LogP contribution in [-0.2, 0) is 13.6 Å². The fourth-order valence-electron chi connectivity index (χ4n) is 1.88. The molecule has 19 heavy (non-hydrogen) atoms. The molecule has 0 fully saturated rings. The van der Waals surface area contributed by atoms with Crippen LogP contribution in [0.4, 0.5) is 5.69 Å². The number of aryl methyl sites for hydroxylation is 1. The molecule has 2 aromatic heterocycles. The molecule has 2 rings (SSSR count). The second-order valence-corrected chi connectivity index (χ2v) is 4.68. The third-order valence-electron chi connectivity index (χ3n) is 3.24. The van der Waals surface area contributed by atoms with Crippen molar-refractivity contribution in [1.82, 2.24) is 14.5 Å². The molecule has 0 amide bonds. The normalized spacial score (nSPS) is 12.4. The lowest BCUT2D eigenvalue weighted by Crippen LogP contribution is -2.19. The maximum absolute atomic E-state index is 9.71. The van der Waals surface area contributed by atoms with Gasteiger partial charge in [-0.2, -0.15) is 0 Å². The van der Waals surface area contributed by atoms with Crippen molar-refractivity contribution in [1.29, 1.82) is 0 Å². The van der Waals surface area contributed by atoms with Crippen LogP contribution in [0, 0.1) is 0 Å². The number of aliphatic hydroxyl groups excluding tert-OH is 1. The quantitative estimate of drug-likeness (QED) is 0.892. The summed E-state index contributed by atoms with van der Waals surface area (Å²) in [7, 11) is 3.98. The maximum Gasteiger partial charge on any atom is 0.127 e. The predicted molar refractivity (Wildman–Crippen MR) is 74.8 cm³/mol. The molecule has 0 aromatic carbocycles. The average Bonchev–Trinajstić information content (AvgIpc) is 2.83. The lowest BCUT2D eigenvalue weighted by molar-refractivity contribution is 0.169. The number of hydrogen-bond donors (Lipinski definition) is 1. The minimum Gasteiger partial charge on any atom is -0.387 e. The second-order valence-electron chi connectivity index (χ2n) is 4.68. The molecule has 0 aliphatic heterocycles. The Morgan fingerprint density at radius 1 is 1.37 bits per heavy atom. The van der Waals surface area contributed by atoms with Crippen molar-refractivity contribution in [3.8, 4) is 0 Å². The second kappa shape index (κ2) is 5.84. The monoisotopic (exact) mass is 260 g/mol. The van der Waals surface area contributed by atoms with Crippen LogP contribution >= 0.6 is 0 Å². The summed E-state index contributed by atoms with van der Waals surface area (Å²) in [6.07, 6.45) is 5.71. The molecule has 2 heterocycles.